The standard InChI is InChI=1S/C16H19N3O3S/c1-10-4-11(2)6-13(5-10)19-12(3)7-14(18-19)17-15(20)8-23-9-16(21)22/h4-7H,8-9H2,1-3H3,(H,21,22)(H,17,18,20). The molecule has 0 aliphatic carbocycles. The number of aromatic nitrogens is 2. The number of aryl methyl sites for hydroxylation is 3. The second kappa shape index (κ2) is 7.32. The van der Waals surface area contributed by atoms with Crippen molar-refractivity contribution in [2.45, 2.75) is 20.8 Å². The molecule has 0 bridgehead atoms. The Morgan fingerprint density at radius 1 is 1.13 bits per heavy atom. The number of thioether (sulfide) groups is 1. The molecule has 1 amide bonds. The molecule has 0 unspecified atom stereocenters. The number of carboxylic acid groups (broad SMARTS) is 1. The Kier molecular flexibility index (Phi) is 5.44. The van der Waals surface area contributed by atoms with Crippen molar-refractivity contribution >= 4 is 29.5 Å². The van der Waals surface area contributed by atoms with E-state index in [4.69, 9.17) is 5.11 Å². The largest absolute Gasteiger partial charge is 0.481 e. The molecule has 0 spiro atoms. The van der Waals surface area contributed by atoms with Gasteiger partial charge in [0.15, 0.2) is 5.82 Å². The van der Waals surface area contributed by atoms with E-state index in [-0.39, 0.29) is 17.4 Å². The minimum atomic E-state index is -0.933. The second-order valence-electron chi connectivity index (χ2n) is 5.36. The van der Waals surface area contributed by atoms with E-state index in [1.807, 2.05) is 32.9 Å². The third-order valence-corrected chi connectivity index (χ3v) is 3.98. The number of carboxylic acids is 1. The van der Waals surface area contributed by atoms with Crippen molar-refractivity contribution in [3.63, 3.8) is 0 Å². The zero-order chi connectivity index (χ0) is 17.0. The molecule has 1 heterocycles. The normalized spacial score (nSPS) is 10.6. The lowest BCUT2D eigenvalue weighted by molar-refractivity contribution is -0.133. The predicted octanol–water partition coefficient (Wildman–Crippen LogP) is 2.55. The Bertz CT molecular complexity index is 720. The van der Waals surface area contributed by atoms with Gasteiger partial charge in [0.2, 0.25) is 5.91 Å². The van der Waals surface area contributed by atoms with Gasteiger partial charge in [-0.15, -0.1) is 16.9 Å². The number of anilines is 1. The first-order valence-corrected chi connectivity index (χ1v) is 8.25. The van der Waals surface area contributed by atoms with Crippen molar-refractivity contribution in [2.75, 3.05) is 16.8 Å². The highest BCUT2D eigenvalue weighted by Gasteiger charge is 2.10. The maximum atomic E-state index is 11.8. The first-order chi connectivity index (χ1) is 10.8. The number of carbonyl (C=O) groups is 2. The van der Waals surface area contributed by atoms with E-state index < -0.39 is 5.97 Å². The zero-order valence-electron chi connectivity index (χ0n) is 13.3. The second-order valence-corrected chi connectivity index (χ2v) is 6.35. The number of aliphatic carboxylic acids is 1. The molecule has 1 aromatic heterocycles. The lowest BCUT2D eigenvalue weighted by Crippen LogP contribution is -2.16. The molecule has 0 aliphatic heterocycles. The van der Waals surface area contributed by atoms with Crippen LogP contribution in [0.5, 0.6) is 0 Å². The number of amides is 1. The average molecular weight is 333 g/mol. The van der Waals surface area contributed by atoms with Crippen LogP contribution in [-0.4, -0.2) is 38.3 Å². The molecule has 0 radical (unpaired) electrons. The van der Waals surface area contributed by atoms with Gasteiger partial charge in [0.05, 0.1) is 17.2 Å². The fraction of sp³-hybridized carbons (Fsp3) is 0.312. The molecule has 0 atom stereocenters. The summed E-state index contributed by atoms with van der Waals surface area (Å²) in [5.41, 5.74) is 4.14. The Balaban J connectivity index is 2.09. The van der Waals surface area contributed by atoms with Crippen LogP contribution >= 0.6 is 11.8 Å². The molecule has 0 fully saturated rings. The number of carbonyl (C=O) groups excluding carboxylic acids is 1. The molecule has 7 heteroatoms. The summed E-state index contributed by atoms with van der Waals surface area (Å²) < 4.78 is 1.78. The molecule has 0 saturated heterocycles. The molecule has 2 N–H and O–H groups in total. The van der Waals surface area contributed by atoms with Gasteiger partial charge in [0.1, 0.15) is 0 Å². The predicted molar refractivity (Wildman–Crippen MR) is 91.4 cm³/mol. The fourth-order valence-corrected chi connectivity index (χ4v) is 2.81. The maximum absolute atomic E-state index is 11.8. The van der Waals surface area contributed by atoms with E-state index in [1.54, 1.807) is 10.7 Å². The van der Waals surface area contributed by atoms with Gasteiger partial charge in [0.25, 0.3) is 0 Å². The summed E-state index contributed by atoms with van der Waals surface area (Å²) >= 11 is 1.05. The van der Waals surface area contributed by atoms with E-state index in [0.717, 1.165) is 34.3 Å². The summed E-state index contributed by atoms with van der Waals surface area (Å²) in [6.45, 7) is 5.97. The molecule has 0 aliphatic rings. The number of hydrogen-bond acceptors (Lipinski definition) is 4. The van der Waals surface area contributed by atoms with Gasteiger partial charge in [-0.05, 0) is 44.0 Å². The van der Waals surface area contributed by atoms with Crippen molar-refractivity contribution in [3.05, 3.63) is 41.1 Å². The highest BCUT2D eigenvalue weighted by Crippen LogP contribution is 2.18. The monoisotopic (exact) mass is 333 g/mol. The van der Waals surface area contributed by atoms with Crippen LogP contribution in [0.25, 0.3) is 5.69 Å². The van der Waals surface area contributed by atoms with Crippen molar-refractivity contribution in [1.29, 1.82) is 0 Å². The molecule has 0 saturated carbocycles. The molecule has 6 nitrogen and oxygen atoms in total. The first kappa shape index (κ1) is 17.1. The topological polar surface area (TPSA) is 84.2 Å². The van der Waals surface area contributed by atoms with Crippen LogP contribution in [0, 0.1) is 20.8 Å². The van der Waals surface area contributed by atoms with Gasteiger partial charge < -0.3 is 10.4 Å². The van der Waals surface area contributed by atoms with Gasteiger partial charge >= 0.3 is 5.97 Å². The Labute approximate surface area is 138 Å². The Morgan fingerprint density at radius 2 is 1.78 bits per heavy atom. The molecule has 23 heavy (non-hydrogen) atoms. The minimum Gasteiger partial charge on any atom is -0.481 e. The Hall–Kier alpha value is -2.28. The van der Waals surface area contributed by atoms with Crippen molar-refractivity contribution in [2.24, 2.45) is 0 Å². The van der Waals surface area contributed by atoms with E-state index in [9.17, 15) is 9.59 Å². The molecule has 2 rings (SSSR count). The highest BCUT2D eigenvalue weighted by molar-refractivity contribution is 8.00. The lowest BCUT2D eigenvalue weighted by Gasteiger charge is -2.07. The fourth-order valence-electron chi connectivity index (χ4n) is 2.28. The number of nitrogens with zero attached hydrogens (tertiary/aromatic N) is 2. The van der Waals surface area contributed by atoms with E-state index in [0.29, 0.717) is 5.82 Å². The van der Waals surface area contributed by atoms with E-state index >= 15 is 0 Å². The number of rotatable bonds is 6. The first-order valence-electron chi connectivity index (χ1n) is 7.10. The van der Waals surface area contributed by atoms with Gasteiger partial charge in [-0.3, -0.25) is 9.59 Å². The van der Waals surface area contributed by atoms with Gasteiger partial charge in [-0.25, -0.2) is 4.68 Å². The lowest BCUT2D eigenvalue weighted by atomic mass is 10.1. The van der Waals surface area contributed by atoms with Crippen LogP contribution in [0.15, 0.2) is 24.3 Å². The number of hydrogen-bond donors (Lipinski definition) is 2. The summed E-state index contributed by atoms with van der Waals surface area (Å²) in [6, 6.07) is 7.94. The summed E-state index contributed by atoms with van der Waals surface area (Å²) in [5, 5.41) is 15.7. The molecule has 122 valence electrons. The van der Waals surface area contributed by atoms with Crippen LogP contribution in [0.1, 0.15) is 16.8 Å². The van der Waals surface area contributed by atoms with Crippen LogP contribution in [0.4, 0.5) is 5.82 Å². The zero-order valence-corrected chi connectivity index (χ0v) is 14.1. The van der Waals surface area contributed by atoms with Crippen LogP contribution in [0.3, 0.4) is 0 Å². The highest BCUT2D eigenvalue weighted by atomic mass is 32.2. The van der Waals surface area contributed by atoms with Crippen LogP contribution in [0.2, 0.25) is 0 Å². The van der Waals surface area contributed by atoms with Crippen molar-refractivity contribution in [3.8, 4) is 5.69 Å². The molecular formula is C16H19N3O3S. The summed E-state index contributed by atoms with van der Waals surface area (Å²) in [5.74, 6) is -0.743. The van der Waals surface area contributed by atoms with Crippen LogP contribution in [-0.2, 0) is 9.59 Å². The summed E-state index contributed by atoms with van der Waals surface area (Å²) in [4.78, 5) is 22.2. The van der Waals surface area contributed by atoms with Gasteiger partial charge in [-0.2, -0.15) is 0 Å². The van der Waals surface area contributed by atoms with Crippen molar-refractivity contribution < 1.29 is 14.7 Å². The Morgan fingerprint density at radius 3 is 2.39 bits per heavy atom. The molecule has 1 aromatic carbocycles. The third-order valence-electron chi connectivity index (χ3n) is 3.06. The van der Waals surface area contributed by atoms with E-state index in [1.165, 1.54) is 0 Å². The quantitative estimate of drug-likeness (QED) is 0.849. The molecular weight excluding hydrogens is 314 g/mol. The number of nitrogens with one attached hydrogen (secondary N) is 1. The average Bonchev–Trinajstić information content (AvgIpc) is 2.77. The molecule has 2 aromatic rings. The maximum Gasteiger partial charge on any atom is 0.313 e. The van der Waals surface area contributed by atoms with Gasteiger partial charge in [0, 0.05) is 11.8 Å². The third kappa shape index (κ3) is 4.85. The van der Waals surface area contributed by atoms with Gasteiger partial charge in [-0.1, -0.05) is 6.07 Å². The summed E-state index contributed by atoms with van der Waals surface area (Å²) in [7, 11) is 0. The van der Waals surface area contributed by atoms with Crippen molar-refractivity contribution in [1.82, 2.24) is 9.78 Å². The smallest absolute Gasteiger partial charge is 0.313 e. The SMILES string of the molecule is Cc1cc(C)cc(-n2nc(NC(=O)CSCC(=O)O)cc2C)c1. The summed E-state index contributed by atoms with van der Waals surface area (Å²) in [6.07, 6.45) is 0. The van der Waals surface area contributed by atoms with E-state index in [2.05, 4.69) is 16.5 Å². The van der Waals surface area contributed by atoms with Crippen LogP contribution < -0.4 is 5.32 Å². The minimum absolute atomic E-state index is 0.0851. The number of benzene rings is 1.